The number of nitrogens with two attached hydrogens (primary N) is 1. The molecule has 2 aliphatic carbocycles. The van der Waals surface area contributed by atoms with E-state index in [4.69, 9.17) is 5.73 Å². The molecule has 3 unspecified atom stereocenters. The summed E-state index contributed by atoms with van der Waals surface area (Å²) < 4.78 is 15.6. The lowest BCUT2D eigenvalue weighted by Crippen LogP contribution is -2.48. The molecule has 4 atom stereocenters. The number of carbonyl (C=O) groups is 2. The van der Waals surface area contributed by atoms with Gasteiger partial charge in [0.1, 0.15) is 5.82 Å². The molecule has 1 aliphatic heterocycles. The third-order valence-electron chi connectivity index (χ3n) is 7.80. The van der Waals surface area contributed by atoms with E-state index in [0.29, 0.717) is 25.2 Å². The fourth-order valence-corrected chi connectivity index (χ4v) is 6.27. The number of anilines is 1. The molecule has 6 nitrogen and oxygen atoms in total. The molecule has 1 aromatic carbocycles. The second-order valence-electron chi connectivity index (χ2n) is 10.4. The molecule has 2 amide bonds. The van der Waals surface area contributed by atoms with Crippen LogP contribution in [0.15, 0.2) is 6.07 Å². The second kappa shape index (κ2) is 8.98. The molecule has 33 heavy (non-hydrogen) atoms. The molecule has 178 valence electrons. The standard InChI is InChI=1S/C26H34FN3O3/c1-4-6-22(31)29-17-7-5-10-30(14-17)24-21(27)13-20(25(28)32)19-12-15-11-16(26(2,3)33)8-9-18(15)23(19)24/h13,15-18,33H,5,7-12,14H2,1-3H3,(H2,28,32)(H,29,31)/t15?,16?,17-,18?/m0/s1. The Morgan fingerprint density at radius 2 is 2.06 bits per heavy atom. The van der Waals surface area contributed by atoms with E-state index in [-0.39, 0.29) is 35.3 Å². The van der Waals surface area contributed by atoms with Gasteiger partial charge in [-0.15, -0.1) is 0 Å². The highest BCUT2D eigenvalue weighted by Gasteiger charge is 2.45. The van der Waals surface area contributed by atoms with Crippen LogP contribution in [0.4, 0.5) is 10.1 Å². The van der Waals surface area contributed by atoms with E-state index in [1.807, 2.05) is 18.7 Å². The van der Waals surface area contributed by atoms with Gasteiger partial charge in [-0.05, 0) is 100 Å². The number of hydrogen-bond donors (Lipinski definition) is 3. The van der Waals surface area contributed by atoms with Crippen LogP contribution in [-0.4, -0.2) is 41.7 Å². The Balaban J connectivity index is 1.69. The van der Waals surface area contributed by atoms with E-state index >= 15 is 4.39 Å². The largest absolute Gasteiger partial charge is 0.390 e. The first-order valence-electron chi connectivity index (χ1n) is 12.0. The van der Waals surface area contributed by atoms with Gasteiger partial charge in [-0.25, -0.2) is 4.39 Å². The molecular weight excluding hydrogens is 421 g/mol. The minimum absolute atomic E-state index is 0.110. The number of primary amides is 1. The monoisotopic (exact) mass is 455 g/mol. The molecule has 7 heteroatoms. The van der Waals surface area contributed by atoms with Crippen molar-refractivity contribution in [1.29, 1.82) is 0 Å². The summed E-state index contributed by atoms with van der Waals surface area (Å²) in [4.78, 5) is 26.2. The third kappa shape index (κ3) is 4.59. The fraction of sp³-hybridized carbons (Fsp3) is 0.615. The normalized spacial score (nSPS) is 26.6. The summed E-state index contributed by atoms with van der Waals surface area (Å²) in [6, 6.07) is 1.19. The molecule has 0 radical (unpaired) electrons. The minimum atomic E-state index is -0.764. The van der Waals surface area contributed by atoms with Gasteiger partial charge < -0.3 is 21.1 Å². The SMILES string of the molecule is CC#CC(=O)N[C@H]1CCCN(c2c(F)cc(C(N)=O)c3c2C2CCC(C(C)(C)O)CC2C3)C1. The predicted molar refractivity (Wildman–Crippen MR) is 125 cm³/mol. The molecule has 0 spiro atoms. The van der Waals surface area contributed by atoms with Crippen LogP contribution in [0.25, 0.3) is 0 Å². The van der Waals surface area contributed by atoms with Crippen LogP contribution in [0.1, 0.15) is 80.3 Å². The Morgan fingerprint density at radius 3 is 2.73 bits per heavy atom. The van der Waals surface area contributed by atoms with E-state index < -0.39 is 17.3 Å². The highest BCUT2D eigenvalue weighted by Crippen LogP contribution is 2.54. The van der Waals surface area contributed by atoms with E-state index in [9.17, 15) is 14.7 Å². The molecule has 3 aliphatic rings. The van der Waals surface area contributed by atoms with E-state index in [0.717, 1.165) is 43.2 Å². The summed E-state index contributed by atoms with van der Waals surface area (Å²) in [5.41, 5.74) is 7.52. The maximum atomic E-state index is 15.6. The van der Waals surface area contributed by atoms with Crippen molar-refractivity contribution in [1.82, 2.24) is 5.32 Å². The molecule has 4 N–H and O–H groups in total. The van der Waals surface area contributed by atoms with Crippen LogP contribution in [0.5, 0.6) is 0 Å². The Labute approximate surface area is 195 Å². The molecule has 1 saturated carbocycles. The van der Waals surface area contributed by atoms with Crippen molar-refractivity contribution in [2.75, 3.05) is 18.0 Å². The van der Waals surface area contributed by atoms with Crippen LogP contribution < -0.4 is 16.0 Å². The molecule has 1 heterocycles. The van der Waals surface area contributed by atoms with Gasteiger partial charge in [-0.3, -0.25) is 9.59 Å². The van der Waals surface area contributed by atoms with Crippen LogP contribution in [-0.2, 0) is 11.2 Å². The predicted octanol–water partition coefficient (Wildman–Crippen LogP) is 2.86. The topological polar surface area (TPSA) is 95.7 Å². The Morgan fingerprint density at radius 1 is 1.30 bits per heavy atom. The van der Waals surface area contributed by atoms with Gasteiger partial charge in [0.2, 0.25) is 5.91 Å². The van der Waals surface area contributed by atoms with Crippen LogP contribution in [0.3, 0.4) is 0 Å². The zero-order valence-electron chi connectivity index (χ0n) is 19.7. The van der Waals surface area contributed by atoms with Crippen molar-refractivity contribution >= 4 is 17.5 Å². The molecule has 0 bridgehead atoms. The van der Waals surface area contributed by atoms with Gasteiger partial charge in [0.15, 0.2) is 0 Å². The molecule has 1 aromatic rings. The minimum Gasteiger partial charge on any atom is -0.390 e. The lowest BCUT2D eigenvalue weighted by atomic mass is 9.69. The molecule has 4 rings (SSSR count). The van der Waals surface area contributed by atoms with Gasteiger partial charge in [0.05, 0.1) is 11.3 Å². The van der Waals surface area contributed by atoms with Crippen LogP contribution >= 0.6 is 0 Å². The summed E-state index contributed by atoms with van der Waals surface area (Å²) in [5, 5.41) is 13.5. The van der Waals surface area contributed by atoms with Gasteiger partial charge in [0, 0.05) is 24.7 Å². The number of aliphatic hydroxyl groups is 1. The first kappa shape index (κ1) is 23.6. The Bertz CT molecular complexity index is 1020. The van der Waals surface area contributed by atoms with Crippen LogP contribution in [0.2, 0.25) is 0 Å². The van der Waals surface area contributed by atoms with E-state index in [1.54, 1.807) is 6.92 Å². The summed E-state index contributed by atoms with van der Waals surface area (Å²) in [6.07, 6.45) is 4.87. The number of rotatable bonds is 4. The number of carbonyl (C=O) groups excluding carboxylic acids is 2. The smallest absolute Gasteiger partial charge is 0.296 e. The lowest BCUT2D eigenvalue weighted by molar-refractivity contribution is -0.116. The quantitative estimate of drug-likeness (QED) is 0.609. The molecule has 1 saturated heterocycles. The number of nitrogens with one attached hydrogen (secondary N) is 1. The molecule has 0 aromatic heterocycles. The second-order valence-corrected chi connectivity index (χ2v) is 10.4. The van der Waals surface area contributed by atoms with Gasteiger partial charge in [-0.1, -0.05) is 5.92 Å². The van der Waals surface area contributed by atoms with Gasteiger partial charge in [0.25, 0.3) is 5.91 Å². The maximum absolute atomic E-state index is 15.6. The van der Waals surface area contributed by atoms with Crippen molar-refractivity contribution in [3.8, 4) is 11.8 Å². The number of halogens is 1. The lowest BCUT2D eigenvalue weighted by Gasteiger charge is -2.40. The van der Waals surface area contributed by atoms with Crippen molar-refractivity contribution in [3.05, 3.63) is 28.6 Å². The third-order valence-corrected chi connectivity index (χ3v) is 7.80. The summed E-state index contributed by atoms with van der Waals surface area (Å²) in [6.45, 7) is 6.51. The van der Waals surface area contributed by atoms with E-state index in [1.165, 1.54) is 6.07 Å². The first-order chi connectivity index (χ1) is 15.6. The highest BCUT2D eigenvalue weighted by atomic mass is 19.1. The molecule has 2 fully saturated rings. The highest BCUT2D eigenvalue weighted by molar-refractivity contribution is 5.96. The Hall–Kier alpha value is -2.59. The summed E-state index contributed by atoms with van der Waals surface area (Å²) in [5.74, 6) is 4.35. The number of hydrogen-bond acceptors (Lipinski definition) is 4. The van der Waals surface area contributed by atoms with Crippen molar-refractivity contribution in [3.63, 3.8) is 0 Å². The average Bonchev–Trinajstić information content (AvgIpc) is 3.11. The number of piperidine rings is 1. The van der Waals surface area contributed by atoms with Gasteiger partial charge >= 0.3 is 0 Å². The summed E-state index contributed by atoms with van der Waals surface area (Å²) >= 11 is 0. The average molecular weight is 456 g/mol. The van der Waals surface area contributed by atoms with Gasteiger partial charge in [-0.2, -0.15) is 0 Å². The molecular formula is C26H34FN3O3. The maximum Gasteiger partial charge on any atom is 0.296 e. The van der Waals surface area contributed by atoms with E-state index in [2.05, 4.69) is 17.2 Å². The van der Waals surface area contributed by atoms with Crippen molar-refractivity contribution < 1.29 is 19.1 Å². The number of nitrogens with zero attached hydrogens (tertiary/aromatic N) is 1. The zero-order valence-corrected chi connectivity index (χ0v) is 19.7. The number of fused-ring (bicyclic) bond motifs is 3. The Kier molecular flexibility index (Phi) is 6.41. The van der Waals surface area contributed by atoms with Crippen molar-refractivity contribution in [2.45, 2.75) is 76.9 Å². The van der Waals surface area contributed by atoms with Crippen LogP contribution in [0, 0.1) is 29.5 Å². The first-order valence-corrected chi connectivity index (χ1v) is 12.0. The fourth-order valence-electron chi connectivity index (χ4n) is 6.27. The number of amides is 2. The number of benzene rings is 1. The zero-order chi connectivity index (χ0) is 23.9. The summed E-state index contributed by atoms with van der Waals surface area (Å²) in [7, 11) is 0. The van der Waals surface area contributed by atoms with Crippen molar-refractivity contribution in [2.24, 2.45) is 17.6 Å².